The zero-order valence-electron chi connectivity index (χ0n) is 11.8. The molecule has 0 amide bonds. The molecule has 0 saturated carbocycles. The molecule has 112 valence electrons. The SMILES string of the molecule is COc1ccc(CNCCOc2ccc(Br)cc2)cc1O. The van der Waals surface area contributed by atoms with Crippen LogP contribution in [0.15, 0.2) is 46.9 Å². The molecule has 0 fully saturated rings. The number of benzene rings is 2. The van der Waals surface area contributed by atoms with Crippen LogP contribution in [0.2, 0.25) is 0 Å². The maximum Gasteiger partial charge on any atom is 0.160 e. The Morgan fingerprint density at radius 1 is 1.14 bits per heavy atom. The van der Waals surface area contributed by atoms with Crippen molar-refractivity contribution in [2.24, 2.45) is 0 Å². The summed E-state index contributed by atoms with van der Waals surface area (Å²) in [6.45, 7) is 1.98. The first-order chi connectivity index (χ1) is 10.2. The molecule has 0 aliphatic heterocycles. The standard InChI is InChI=1S/C16H18BrNO3/c1-20-16-7-2-12(10-15(16)19)11-18-8-9-21-14-5-3-13(17)4-6-14/h2-7,10,18-19H,8-9,11H2,1H3. The minimum Gasteiger partial charge on any atom is -0.504 e. The van der Waals surface area contributed by atoms with Crippen molar-refractivity contribution in [3.05, 3.63) is 52.5 Å². The highest BCUT2D eigenvalue weighted by Gasteiger charge is 2.02. The molecule has 0 aliphatic rings. The molecule has 0 bridgehead atoms. The van der Waals surface area contributed by atoms with Crippen LogP contribution >= 0.6 is 15.9 Å². The molecule has 4 nitrogen and oxygen atoms in total. The fraction of sp³-hybridized carbons (Fsp3) is 0.250. The van der Waals surface area contributed by atoms with Gasteiger partial charge in [0.15, 0.2) is 11.5 Å². The number of hydrogen-bond donors (Lipinski definition) is 2. The van der Waals surface area contributed by atoms with Crippen LogP contribution in [0.25, 0.3) is 0 Å². The number of rotatable bonds is 7. The Morgan fingerprint density at radius 3 is 2.57 bits per heavy atom. The highest BCUT2D eigenvalue weighted by molar-refractivity contribution is 9.10. The van der Waals surface area contributed by atoms with E-state index < -0.39 is 0 Å². The fourth-order valence-corrected chi connectivity index (χ4v) is 2.11. The topological polar surface area (TPSA) is 50.7 Å². The number of phenols is 1. The van der Waals surface area contributed by atoms with E-state index in [1.165, 1.54) is 7.11 Å². The van der Waals surface area contributed by atoms with Crippen LogP contribution < -0.4 is 14.8 Å². The first-order valence-corrected chi connectivity index (χ1v) is 7.43. The zero-order chi connectivity index (χ0) is 15.1. The van der Waals surface area contributed by atoms with Gasteiger partial charge in [-0.2, -0.15) is 0 Å². The Bertz CT molecular complexity index is 572. The van der Waals surface area contributed by atoms with Gasteiger partial charge in [0.05, 0.1) is 7.11 Å². The van der Waals surface area contributed by atoms with E-state index >= 15 is 0 Å². The van der Waals surface area contributed by atoms with Crippen molar-refractivity contribution in [2.45, 2.75) is 6.54 Å². The molecule has 0 saturated heterocycles. The smallest absolute Gasteiger partial charge is 0.160 e. The second-order valence-corrected chi connectivity index (χ2v) is 5.40. The van der Waals surface area contributed by atoms with Crippen molar-refractivity contribution in [1.82, 2.24) is 5.32 Å². The molecule has 0 aromatic heterocycles. The predicted molar refractivity (Wildman–Crippen MR) is 86.0 cm³/mol. The molecule has 0 unspecified atom stereocenters. The van der Waals surface area contributed by atoms with Crippen molar-refractivity contribution < 1.29 is 14.6 Å². The Morgan fingerprint density at radius 2 is 1.90 bits per heavy atom. The van der Waals surface area contributed by atoms with Crippen LogP contribution in [0.5, 0.6) is 17.2 Å². The minimum atomic E-state index is 0.155. The van der Waals surface area contributed by atoms with Gasteiger partial charge < -0.3 is 19.9 Å². The second kappa shape index (κ2) is 7.90. The molecule has 21 heavy (non-hydrogen) atoms. The number of hydrogen-bond acceptors (Lipinski definition) is 4. The van der Waals surface area contributed by atoms with E-state index in [0.29, 0.717) is 18.9 Å². The van der Waals surface area contributed by atoms with Crippen LogP contribution in [0.4, 0.5) is 0 Å². The quantitative estimate of drug-likeness (QED) is 0.751. The van der Waals surface area contributed by atoms with Crippen LogP contribution in [0.3, 0.4) is 0 Å². The number of halogens is 1. The lowest BCUT2D eigenvalue weighted by atomic mass is 10.2. The van der Waals surface area contributed by atoms with Gasteiger partial charge in [-0.25, -0.2) is 0 Å². The average molecular weight is 352 g/mol. The first-order valence-electron chi connectivity index (χ1n) is 6.64. The highest BCUT2D eigenvalue weighted by atomic mass is 79.9. The van der Waals surface area contributed by atoms with E-state index in [-0.39, 0.29) is 5.75 Å². The molecule has 2 aromatic rings. The number of phenolic OH excluding ortho intramolecular Hbond substituents is 1. The summed E-state index contributed by atoms with van der Waals surface area (Å²) in [6.07, 6.45) is 0. The fourth-order valence-electron chi connectivity index (χ4n) is 1.85. The molecule has 0 heterocycles. The Hall–Kier alpha value is -1.72. The van der Waals surface area contributed by atoms with Gasteiger partial charge in [-0.3, -0.25) is 0 Å². The number of nitrogens with one attached hydrogen (secondary N) is 1. The van der Waals surface area contributed by atoms with E-state index in [4.69, 9.17) is 9.47 Å². The third kappa shape index (κ3) is 4.95. The van der Waals surface area contributed by atoms with E-state index in [2.05, 4.69) is 21.2 Å². The van der Waals surface area contributed by atoms with Crippen LogP contribution in [-0.4, -0.2) is 25.4 Å². The maximum absolute atomic E-state index is 9.68. The molecular weight excluding hydrogens is 334 g/mol. The van der Waals surface area contributed by atoms with Crippen LogP contribution in [0.1, 0.15) is 5.56 Å². The van der Waals surface area contributed by atoms with Gasteiger partial charge >= 0.3 is 0 Å². The van der Waals surface area contributed by atoms with Gasteiger partial charge in [0.2, 0.25) is 0 Å². The van der Waals surface area contributed by atoms with Gasteiger partial charge in [-0.15, -0.1) is 0 Å². The molecular formula is C16H18BrNO3. The van der Waals surface area contributed by atoms with Crippen molar-refractivity contribution in [1.29, 1.82) is 0 Å². The van der Waals surface area contributed by atoms with Gasteiger partial charge in [0.25, 0.3) is 0 Å². The molecule has 0 radical (unpaired) electrons. The molecule has 0 atom stereocenters. The Kier molecular flexibility index (Phi) is 5.90. The summed E-state index contributed by atoms with van der Waals surface area (Å²) in [7, 11) is 1.53. The molecule has 5 heteroatoms. The summed E-state index contributed by atoms with van der Waals surface area (Å²) >= 11 is 3.38. The van der Waals surface area contributed by atoms with Crippen molar-refractivity contribution >= 4 is 15.9 Å². The molecule has 0 aliphatic carbocycles. The van der Waals surface area contributed by atoms with Crippen molar-refractivity contribution in [3.8, 4) is 17.2 Å². The molecule has 2 N–H and O–H groups in total. The largest absolute Gasteiger partial charge is 0.504 e. The normalized spacial score (nSPS) is 10.4. The Balaban J connectivity index is 1.70. The predicted octanol–water partition coefficient (Wildman–Crippen LogP) is 3.33. The highest BCUT2D eigenvalue weighted by Crippen LogP contribution is 2.26. The maximum atomic E-state index is 9.68. The molecule has 2 aromatic carbocycles. The van der Waals surface area contributed by atoms with E-state index in [9.17, 15) is 5.11 Å². The Labute approximate surface area is 132 Å². The number of ether oxygens (including phenoxy) is 2. The first kappa shape index (κ1) is 15.7. The summed E-state index contributed by atoms with van der Waals surface area (Å²) < 4.78 is 11.6. The lowest BCUT2D eigenvalue weighted by Crippen LogP contribution is -2.20. The second-order valence-electron chi connectivity index (χ2n) is 4.49. The summed E-state index contributed by atoms with van der Waals surface area (Å²) in [5.41, 5.74) is 0.997. The van der Waals surface area contributed by atoms with Gasteiger partial charge in [-0.05, 0) is 42.0 Å². The van der Waals surface area contributed by atoms with E-state index in [1.807, 2.05) is 30.3 Å². The summed E-state index contributed by atoms with van der Waals surface area (Å²) in [4.78, 5) is 0. The van der Waals surface area contributed by atoms with Gasteiger partial charge in [0.1, 0.15) is 12.4 Å². The van der Waals surface area contributed by atoms with Crippen LogP contribution in [-0.2, 0) is 6.54 Å². The summed E-state index contributed by atoms with van der Waals surface area (Å²) in [5.74, 6) is 1.49. The summed E-state index contributed by atoms with van der Waals surface area (Å²) in [6, 6.07) is 13.1. The molecule has 2 rings (SSSR count). The van der Waals surface area contributed by atoms with Gasteiger partial charge in [-0.1, -0.05) is 22.0 Å². The van der Waals surface area contributed by atoms with Crippen molar-refractivity contribution in [2.75, 3.05) is 20.3 Å². The van der Waals surface area contributed by atoms with E-state index in [1.54, 1.807) is 12.1 Å². The number of aromatic hydroxyl groups is 1. The lowest BCUT2D eigenvalue weighted by Gasteiger charge is -2.09. The lowest BCUT2D eigenvalue weighted by molar-refractivity contribution is 0.313. The molecule has 0 spiro atoms. The minimum absolute atomic E-state index is 0.155. The van der Waals surface area contributed by atoms with E-state index in [0.717, 1.165) is 22.3 Å². The zero-order valence-corrected chi connectivity index (χ0v) is 13.4. The third-order valence-electron chi connectivity index (χ3n) is 2.93. The van der Waals surface area contributed by atoms with Gasteiger partial charge in [0, 0.05) is 17.6 Å². The third-order valence-corrected chi connectivity index (χ3v) is 3.46. The summed E-state index contributed by atoms with van der Waals surface area (Å²) in [5, 5.41) is 12.9. The van der Waals surface area contributed by atoms with Crippen molar-refractivity contribution in [3.63, 3.8) is 0 Å². The number of methoxy groups -OCH3 is 1. The van der Waals surface area contributed by atoms with Crippen LogP contribution in [0, 0.1) is 0 Å². The average Bonchev–Trinajstić information content (AvgIpc) is 2.49. The monoisotopic (exact) mass is 351 g/mol.